The molecule has 4 N–H and O–H groups in total. The van der Waals surface area contributed by atoms with Crippen LogP contribution < -0.4 is 15.4 Å². The van der Waals surface area contributed by atoms with Crippen LogP contribution in [0, 0.1) is 0 Å². The molecule has 0 aliphatic rings. The number of sulfonamides is 1. The first kappa shape index (κ1) is 27.3. The molecule has 0 fully saturated rings. The number of hydrogen-bond acceptors (Lipinski definition) is 7. The molecule has 0 atom stereocenters. The normalized spacial score (nSPS) is 12.3. The molecule has 0 bridgehead atoms. The summed E-state index contributed by atoms with van der Waals surface area (Å²) in [7, 11) is -3.87. The number of guanidine groups is 1. The second kappa shape index (κ2) is 13.1. The highest BCUT2D eigenvalue weighted by molar-refractivity contribution is 7.98. The number of pyridine rings is 1. The summed E-state index contributed by atoms with van der Waals surface area (Å²) < 4.78 is 25.6. The van der Waals surface area contributed by atoms with E-state index in [2.05, 4.69) is 25.3 Å². The van der Waals surface area contributed by atoms with Gasteiger partial charge in [-0.3, -0.25) is 14.8 Å². The lowest BCUT2D eigenvalue weighted by atomic mass is 10.3. The number of nitrogens with one attached hydrogen (secondary N) is 3. The first-order valence-electron chi connectivity index (χ1n) is 9.51. The third kappa shape index (κ3) is 9.85. The first-order chi connectivity index (χ1) is 15.6. The van der Waals surface area contributed by atoms with Gasteiger partial charge in [0.15, 0.2) is 0 Å². The number of alkyl halides is 3. The average molecular weight is 555 g/mol. The maximum Gasteiger partial charge on any atom is 0.272 e. The molecule has 2 rings (SSSR count). The maximum atomic E-state index is 12.6. The van der Waals surface area contributed by atoms with Gasteiger partial charge in [0.05, 0.1) is 17.1 Å². The number of carbonyl (C=O) groups is 1. The Morgan fingerprint density at radius 3 is 2.45 bits per heavy atom. The number of carbonyl (C=O) groups excluding carboxylic acids is 1. The van der Waals surface area contributed by atoms with Gasteiger partial charge in [-0.05, 0) is 24.3 Å². The van der Waals surface area contributed by atoms with Crippen LogP contribution in [0.4, 0.5) is 0 Å². The molecule has 0 spiro atoms. The van der Waals surface area contributed by atoms with Crippen molar-refractivity contribution in [1.82, 2.24) is 20.3 Å². The monoisotopic (exact) mass is 553 g/mol. The van der Waals surface area contributed by atoms with Crippen LogP contribution in [0.15, 0.2) is 58.5 Å². The minimum atomic E-state index is -3.87. The molecule has 14 heteroatoms. The van der Waals surface area contributed by atoms with Gasteiger partial charge in [0, 0.05) is 30.8 Å². The van der Waals surface area contributed by atoms with Gasteiger partial charge in [0.25, 0.3) is 19.7 Å². The predicted octanol–water partition coefficient (Wildman–Crippen LogP) is 2.43. The Morgan fingerprint density at radius 1 is 1.09 bits per heavy atom. The molecule has 9 nitrogen and oxygen atoms in total. The minimum Gasteiger partial charge on any atom is -0.506 e. The van der Waals surface area contributed by atoms with E-state index in [1.54, 1.807) is 36.5 Å². The number of rotatable bonds is 10. The Bertz CT molecular complexity index is 1050. The van der Waals surface area contributed by atoms with Crippen LogP contribution in [0.1, 0.15) is 5.69 Å². The summed E-state index contributed by atoms with van der Waals surface area (Å²) in [5, 5.41) is 15.0. The predicted molar refractivity (Wildman–Crippen MR) is 132 cm³/mol. The lowest BCUT2D eigenvalue weighted by molar-refractivity contribution is -0.120. The third-order valence-electron chi connectivity index (χ3n) is 3.86. The highest BCUT2D eigenvalue weighted by atomic mass is 35.6. The van der Waals surface area contributed by atoms with Crippen molar-refractivity contribution >= 4 is 68.5 Å². The molecular weight excluding hydrogens is 533 g/mol. The van der Waals surface area contributed by atoms with E-state index >= 15 is 0 Å². The molecule has 0 saturated carbocycles. The van der Waals surface area contributed by atoms with Crippen LogP contribution in [0.2, 0.25) is 0 Å². The lowest BCUT2D eigenvalue weighted by Gasteiger charge is -2.15. The first-order valence-corrected chi connectivity index (χ1v) is 13.3. The summed E-state index contributed by atoms with van der Waals surface area (Å²) in [5.74, 6) is 0.334. The number of aromatic hydroxyl groups is 1. The molecule has 2 aromatic rings. The summed E-state index contributed by atoms with van der Waals surface area (Å²) >= 11 is 18.0. The number of benzene rings is 1. The van der Waals surface area contributed by atoms with E-state index in [9.17, 15) is 18.3 Å². The van der Waals surface area contributed by atoms with Gasteiger partial charge in [-0.2, -0.15) is 11.8 Å². The van der Waals surface area contributed by atoms with Crippen molar-refractivity contribution in [2.75, 3.05) is 25.4 Å². The molecule has 0 aliphatic heterocycles. The van der Waals surface area contributed by atoms with Crippen molar-refractivity contribution in [3.63, 3.8) is 0 Å². The van der Waals surface area contributed by atoms with Gasteiger partial charge in [0.1, 0.15) is 5.75 Å². The van der Waals surface area contributed by atoms with Crippen LogP contribution >= 0.6 is 46.6 Å². The SMILES string of the molecule is O=C(NCCNC(=NCCSCc1ncccc1O)NS(=O)(=O)c1ccccc1)C(Cl)(Cl)Cl. The van der Waals surface area contributed by atoms with E-state index in [4.69, 9.17) is 34.8 Å². The van der Waals surface area contributed by atoms with Gasteiger partial charge in [-0.25, -0.2) is 13.1 Å². The van der Waals surface area contributed by atoms with Crippen LogP contribution in [0.5, 0.6) is 5.75 Å². The number of nitrogens with zero attached hydrogens (tertiary/aromatic N) is 2. The molecule has 1 aromatic heterocycles. The Balaban J connectivity index is 1.95. The topological polar surface area (TPSA) is 133 Å². The zero-order chi connectivity index (χ0) is 24.3. The zero-order valence-electron chi connectivity index (χ0n) is 17.2. The van der Waals surface area contributed by atoms with Crippen molar-refractivity contribution in [2.24, 2.45) is 4.99 Å². The summed E-state index contributed by atoms with van der Waals surface area (Å²) in [5.41, 5.74) is 0.555. The highest BCUT2D eigenvalue weighted by Gasteiger charge is 2.29. The number of aromatic nitrogens is 1. The fourth-order valence-electron chi connectivity index (χ4n) is 2.30. The quantitative estimate of drug-likeness (QED) is 0.153. The largest absolute Gasteiger partial charge is 0.506 e. The number of aliphatic imine (C=N–C) groups is 1. The lowest BCUT2D eigenvalue weighted by Crippen LogP contribution is -2.45. The average Bonchev–Trinajstić information content (AvgIpc) is 2.77. The Morgan fingerprint density at radius 2 is 1.79 bits per heavy atom. The van der Waals surface area contributed by atoms with Crippen LogP contribution in [-0.2, 0) is 20.6 Å². The smallest absolute Gasteiger partial charge is 0.272 e. The van der Waals surface area contributed by atoms with Gasteiger partial charge in [-0.15, -0.1) is 0 Å². The standard InChI is InChI=1S/C19H22Cl3N5O4S2/c20-19(21,22)17(29)24-9-10-25-18(27-33(30,31)14-5-2-1-3-6-14)26-11-12-32-13-15-16(28)7-4-8-23-15/h1-8,28H,9-13H2,(H,24,29)(H2,25,26,27). The molecule has 33 heavy (non-hydrogen) atoms. The van der Waals surface area contributed by atoms with E-state index in [0.717, 1.165) is 0 Å². The summed E-state index contributed by atoms with van der Waals surface area (Å²) in [6, 6.07) is 11.0. The Labute approximate surface area is 211 Å². The summed E-state index contributed by atoms with van der Waals surface area (Å²) in [6.45, 7) is 0.461. The van der Waals surface area contributed by atoms with Crippen molar-refractivity contribution in [3.05, 3.63) is 54.4 Å². The molecule has 0 saturated heterocycles. The highest BCUT2D eigenvalue weighted by Crippen LogP contribution is 2.25. The van der Waals surface area contributed by atoms with Crippen molar-refractivity contribution in [1.29, 1.82) is 0 Å². The Hall–Kier alpha value is -1.92. The van der Waals surface area contributed by atoms with Crippen LogP contribution in [0.3, 0.4) is 0 Å². The van der Waals surface area contributed by atoms with E-state index in [1.807, 2.05) is 0 Å². The molecule has 1 amide bonds. The van der Waals surface area contributed by atoms with Crippen molar-refractivity contribution in [3.8, 4) is 5.75 Å². The third-order valence-corrected chi connectivity index (χ3v) is 6.67. The molecule has 0 radical (unpaired) electrons. The van der Waals surface area contributed by atoms with E-state index < -0.39 is 19.7 Å². The molecule has 0 aliphatic carbocycles. The molecule has 180 valence electrons. The van der Waals surface area contributed by atoms with Crippen LogP contribution in [-0.4, -0.2) is 59.6 Å². The minimum absolute atomic E-state index is 0.00303. The molecular formula is C19H22Cl3N5O4S2. The van der Waals surface area contributed by atoms with Gasteiger partial charge < -0.3 is 15.7 Å². The number of hydrogen-bond donors (Lipinski definition) is 4. The molecule has 1 heterocycles. The van der Waals surface area contributed by atoms with Gasteiger partial charge >= 0.3 is 0 Å². The molecule has 1 aromatic carbocycles. The number of halogens is 3. The van der Waals surface area contributed by atoms with E-state index in [1.165, 1.54) is 23.9 Å². The Kier molecular flexibility index (Phi) is 10.8. The zero-order valence-corrected chi connectivity index (χ0v) is 21.1. The van der Waals surface area contributed by atoms with E-state index in [0.29, 0.717) is 17.2 Å². The maximum absolute atomic E-state index is 12.6. The van der Waals surface area contributed by atoms with Gasteiger partial charge in [-0.1, -0.05) is 53.0 Å². The van der Waals surface area contributed by atoms with Crippen LogP contribution in [0.25, 0.3) is 0 Å². The fraction of sp³-hybridized carbons (Fsp3) is 0.316. The fourth-order valence-corrected chi connectivity index (χ4v) is 4.30. The number of amides is 1. The van der Waals surface area contributed by atoms with Crippen molar-refractivity contribution in [2.45, 2.75) is 14.4 Å². The van der Waals surface area contributed by atoms with Gasteiger partial charge in [0.2, 0.25) is 5.96 Å². The molecule has 0 unspecified atom stereocenters. The van der Waals surface area contributed by atoms with Crippen molar-refractivity contribution < 1.29 is 18.3 Å². The second-order valence-corrected chi connectivity index (χ2v) is 11.4. The second-order valence-electron chi connectivity index (χ2n) is 6.35. The summed E-state index contributed by atoms with van der Waals surface area (Å²) in [6.07, 6.45) is 1.59. The number of thioether (sulfide) groups is 1. The summed E-state index contributed by atoms with van der Waals surface area (Å²) in [4.78, 5) is 20.1. The van der Waals surface area contributed by atoms with E-state index in [-0.39, 0.29) is 36.2 Å².